The van der Waals surface area contributed by atoms with Crippen molar-refractivity contribution in [3.63, 3.8) is 0 Å². The van der Waals surface area contributed by atoms with Crippen molar-refractivity contribution in [3.8, 4) is 11.6 Å². The highest BCUT2D eigenvalue weighted by atomic mass is 19.1. The number of rotatable bonds is 6. The van der Waals surface area contributed by atoms with Gasteiger partial charge in [-0.2, -0.15) is 4.98 Å². The van der Waals surface area contributed by atoms with E-state index in [0.717, 1.165) is 54.0 Å². The van der Waals surface area contributed by atoms with Crippen LogP contribution in [0.1, 0.15) is 18.9 Å². The molecular weight excluding hydrogens is 395 g/mol. The highest BCUT2D eigenvalue weighted by molar-refractivity contribution is 5.76. The smallest absolute Gasteiger partial charge is 0.229 e. The van der Waals surface area contributed by atoms with E-state index in [2.05, 4.69) is 38.6 Å². The Balaban J connectivity index is 1.45. The van der Waals surface area contributed by atoms with E-state index in [9.17, 15) is 4.39 Å². The molecule has 158 valence electrons. The van der Waals surface area contributed by atoms with Crippen LogP contribution in [-0.4, -0.2) is 38.7 Å². The second-order valence-corrected chi connectivity index (χ2v) is 7.55. The number of para-hydroxylation sites is 2. The van der Waals surface area contributed by atoms with E-state index in [1.807, 2.05) is 36.4 Å². The number of benzene rings is 2. The Morgan fingerprint density at radius 3 is 2.97 bits per heavy atom. The largest absolute Gasteiger partial charge is 0.489 e. The number of nitrogens with one attached hydrogen (secondary N) is 2. The molecule has 0 bridgehead atoms. The van der Waals surface area contributed by atoms with Gasteiger partial charge in [-0.1, -0.05) is 19.1 Å². The van der Waals surface area contributed by atoms with Crippen LogP contribution in [0.5, 0.6) is 5.75 Å². The molecule has 4 aromatic rings. The van der Waals surface area contributed by atoms with Gasteiger partial charge in [-0.15, -0.1) is 0 Å². The number of aryl methyl sites for hydroxylation is 1. The van der Waals surface area contributed by atoms with Crippen LogP contribution in [0.15, 0.2) is 55.0 Å². The molecule has 1 saturated heterocycles. The minimum absolute atomic E-state index is 0.145. The summed E-state index contributed by atoms with van der Waals surface area (Å²) in [7, 11) is 0. The quantitative estimate of drug-likeness (QED) is 0.493. The molecule has 7 nitrogen and oxygen atoms in total. The van der Waals surface area contributed by atoms with Crippen LogP contribution in [0, 0.1) is 5.82 Å². The maximum absolute atomic E-state index is 14.6. The third-order valence-corrected chi connectivity index (χ3v) is 5.36. The van der Waals surface area contributed by atoms with Gasteiger partial charge in [-0.05, 0) is 49.2 Å². The number of halogens is 1. The van der Waals surface area contributed by atoms with E-state index in [-0.39, 0.29) is 11.9 Å². The molecule has 2 aromatic heterocycles. The first-order valence-electron chi connectivity index (χ1n) is 10.4. The van der Waals surface area contributed by atoms with Crippen LogP contribution in [0.25, 0.3) is 16.9 Å². The molecule has 1 unspecified atom stereocenters. The van der Waals surface area contributed by atoms with Gasteiger partial charge in [0.25, 0.3) is 0 Å². The van der Waals surface area contributed by atoms with Crippen LogP contribution in [0.3, 0.4) is 0 Å². The molecule has 1 aliphatic heterocycles. The number of ether oxygens (including phenoxy) is 1. The zero-order valence-electron chi connectivity index (χ0n) is 17.2. The first-order valence-corrected chi connectivity index (χ1v) is 10.4. The summed E-state index contributed by atoms with van der Waals surface area (Å²) in [5.41, 5.74) is 3.48. The van der Waals surface area contributed by atoms with Crippen LogP contribution in [-0.2, 0) is 6.42 Å². The molecule has 8 heteroatoms. The van der Waals surface area contributed by atoms with Gasteiger partial charge in [0.2, 0.25) is 5.95 Å². The van der Waals surface area contributed by atoms with E-state index in [1.54, 1.807) is 10.9 Å². The van der Waals surface area contributed by atoms with Gasteiger partial charge < -0.3 is 15.4 Å². The summed E-state index contributed by atoms with van der Waals surface area (Å²) in [6, 6.07) is 13.5. The van der Waals surface area contributed by atoms with Crippen molar-refractivity contribution in [2.45, 2.75) is 25.9 Å². The van der Waals surface area contributed by atoms with Gasteiger partial charge in [0, 0.05) is 18.3 Å². The molecular formula is C23H23FN6O. The Bertz CT molecular complexity index is 1220. The Labute approximate surface area is 179 Å². The summed E-state index contributed by atoms with van der Waals surface area (Å²) in [5.74, 6) is 0.731. The van der Waals surface area contributed by atoms with Gasteiger partial charge in [0.05, 0.1) is 17.2 Å². The second kappa shape index (κ2) is 8.31. The van der Waals surface area contributed by atoms with Crippen molar-refractivity contribution >= 4 is 22.7 Å². The van der Waals surface area contributed by atoms with E-state index in [1.165, 1.54) is 6.20 Å². The Hall–Kier alpha value is -3.52. The van der Waals surface area contributed by atoms with Crippen LogP contribution in [0.4, 0.5) is 16.0 Å². The zero-order valence-corrected chi connectivity index (χ0v) is 17.2. The summed E-state index contributed by atoms with van der Waals surface area (Å²) >= 11 is 0. The predicted octanol–water partition coefficient (Wildman–Crippen LogP) is 4.00. The van der Waals surface area contributed by atoms with Crippen molar-refractivity contribution in [3.05, 3.63) is 66.4 Å². The number of anilines is 2. The van der Waals surface area contributed by atoms with Gasteiger partial charge in [-0.25, -0.2) is 14.4 Å². The Kier molecular flexibility index (Phi) is 5.21. The van der Waals surface area contributed by atoms with Gasteiger partial charge in [0.15, 0.2) is 11.6 Å². The Morgan fingerprint density at radius 1 is 1.23 bits per heavy atom. The lowest BCUT2D eigenvalue weighted by Gasteiger charge is -2.15. The summed E-state index contributed by atoms with van der Waals surface area (Å²) in [4.78, 5) is 12.9. The zero-order chi connectivity index (χ0) is 21.2. The minimum Gasteiger partial charge on any atom is -0.489 e. The second-order valence-electron chi connectivity index (χ2n) is 7.55. The highest BCUT2D eigenvalue weighted by Gasteiger charge is 2.17. The monoisotopic (exact) mass is 418 g/mol. The molecule has 0 amide bonds. The third kappa shape index (κ3) is 4.06. The molecule has 0 radical (unpaired) electrons. The maximum atomic E-state index is 14.6. The topological polar surface area (TPSA) is 76.9 Å². The van der Waals surface area contributed by atoms with Gasteiger partial charge in [-0.3, -0.25) is 4.57 Å². The summed E-state index contributed by atoms with van der Waals surface area (Å²) in [6.07, 6.45) is 4.76. The molecule has 2 aromatic carbocycles. The Morgan fingerprint density at radius 2 is 2.13 bits per heavy atom. The normalized spacial score (nSPS) is 16.0. The predicted molar refractivity (Wildman–Crippen MR) is 118 cm³/mol. The van der Waals surface area contributed by atoms with Crippen LogP contribution in [0.2, 0.25) is 0 Å². The van der Waals surface area contributed by atoms with E-state index >= 15 is 0 Å². The van der Waals surface area contributed by atoms with Crippen molar-refractivity contribution in [1.29, 1.82) is 0 Å². The molecule has 0 aliphatic carbocycles. The summed E-state index contributed by atoms with van der Waals surface area (Å²) in [5, 5.41) is 6.51. The minimum atomic E-state index is -0.520. The molecule has 1 fully saturated rings. The van der Waals surface area contributed by atoms with Crippen LogP contribution >= 0.6 is 0 Å². The van der Waals surface area contributed by atoms with Crippen molar-refractivity contribution in [2.24, 2.45) is 0 Å². The summed E-state index contributed by atoms with van der Waals surface area (Å²) in [6.45, 7) is 3.91. The maximum Gasteiger partial charge on any atom is 0.229 e. The number of hydrogen-bond donors (Lipinski definition) is 2. The average Bonchev–Trinajstić information content (AvgIpc) is 3.45. The lowest BCUT2D eigenvalue weighted by molar-refractivity contribution is 0.223. The molecule has 31 heavy (non-hydrogen) atoms. The van der Waals surface area contributed by atoms with E-state index < -0.39 is 5.82 Å². The van der Waals surface area contributed by atoms with Crippen molar-refractivity contribution in [1.82, 2.24) is 24.8 Å². The molecule has 1 aliphatic rings. The number of hydrogen-bond acceptors (Lipinski definition) is 6. The highest BCUT2D eigenvalue weighted by Crippen LogP contribution is 2.26. The van der Waals surface area contributed by atoms with Gasteiger partial charge >= 0.3 is 0 Å². The molecule has 0 saturated carbocycles. The van der Waals surface area contributed by atoms with E-state index in [4.69, 9.17) is 4.74 Å². The fourth-order valence-electron chi connectivity index (χ4n) is 3.77. The molecule has 5 rings (SSSR count). The average molecular weight is 418 g/mol. The number of nitrogens with zero attached hydrogens (tertiary/aromatic N) is 4. The molecule has 1 atom stereocenters. The molecule has 0 spiro atoms. The number of aromatic nitrogens is 4. The summed E-state index contributed by atoms with van der Waals surface area (Å²) < 4.78 is 22.3. The van der Waals surface area contributed by atoms with Crippen LogP contribution < -0.4 is 15.4 Å². The van der Waals surface area contributed by atoms with E-state index in [0.29, 0.717) is 5.95 Å². The lowest BCUT2D eigenvalue weighted by atomic mass is 10.1. The third-order valence-electron chi connectivity index (χ3n) is 5.36. The number of fused-ring (bicyclic) bond motifs is 1. The fraction of sp³-hybridized carbons (Fsp3) is 0.261. The lowest BCUT2D eigenvalue weighted by Crippen LogP contribution is -2.19. The van der Waals surface area contributed by atoms with Crippen molar-refractivity contribution < 1.29 is 9.13 Å². The SMILES string of the molecule is CCc1cc(Nc2ncc(F)c(-n3cnc4ccccc43)n2)cc(OC2CCNC2)c1. The number of imidazole rings is 1. The standard InChI is InChI=1S/C23H23FN6O/c1-2-15-9-16(11-18(10-15)31-17-7-8-25-12-17)28-23-26-13-19(24)22(29-23)30-14-27-20-5-3-4-6-21(20)30/h3-6,9-11,13-14,17,25H,2,7-8,12H2,1H3,(H,26,28,29). The fourth-order valence-corrected chi connectivity index (χ4v) is 3.77. The molecule has 2 N–H and O–H groups in total. The van der Waals surface area contributed by atoms with Gasteiger partial charge in [0.1, 0.15) is 18.2 Å². The van der Waals surface area contributed by atoms with Crippen molar-refractivity contribution in [2.75, 3.05) is 18.4 Å². The first kappa shape index (κ1) is 19.4. The molecule has 3 heterocycles. The first-order chi connectivity index (χ1) is 15.2.